The molecule has 3 rings (SSSR count). The third-order valence-electron chi connectivity index (χ3n) is 3.76. The van der Waals surface area contributed by atoms with Crippen molar-refractivity contribution >= 4 is 5.91 Å². The fraction of sp³-hybridized carbons (Fsp3) is 0.278. The van der Waals surface area contributed by atoms with E-state index in [4.69, 9.17) is 4.74 Å². The molecule has 1 aliphatic rings. The molecule has 108 valence electrons. The van der Waals surface area contributed by atoms with Crippen molar-refractivity contribution in [3.05, 3.63) is 65.2 Å². The predicted molar refractivity (Wildman–Crippen MR) is 82.7 cm³/mol. The quantitative estimate of drug-likeness (QED) is 0.856. The molecule has 21 heavy (non-hydrogen) atoms. The minimum atomic E-state index is -0.0619. The molecule has 0 heterocycles. The molecule has 0 atom stereocenters. The van der Waals surface area contributed by atoms with Gasteiger partial charge in [0.05, 0.1) is 6.54 Å². The minimum Gasteiger partial charge on any atom is -0.492 e. The van der Waals surface area contributed by atoms with Crippen LogP contribution in [0.15, 0.2) is 48.5 Å². The van der Waals surface area contributed by atoms with Crippen molar-refractivity contribution in [1.29, 1.82) is 0 Å². The number of amides is 1. The summed E-state index contributed by atoms with van der Waals surface area (Å²) in [6, 6.07) is 15.5. The number of nitrogens with one attached hydrogen (secondary N) is 1. The summed E-state index contributed by atoms with van der Waals surface area (Å²) in [6.45, 7) is 0.988. The van der Waals surface area contributed by atoms with E-state index < -0.39 is 0 Å². The van der Waals surface area contributed by atoms with Crippen LogP contribution in [0.3, 0.4) is 0 Å². The maximum absolute atomic E-state index is 11.8. The Morgan fingerprint density at radius 1 is 1.05 bits per heavy atom. The first-order chi connectivity index (χ1) is 10.3. The lowest BCUT2D eigenvalue weighted by molar-refractivity contribution is 0.0947. The van der Waals surface area contributed by atoms with Gasteiger partial charge in [0.15, 0.2) is 0 Å². The van der Waals surface area contributed by atoms with E-state index in [2.05, 4.69) is 17.4 Å². The molecule has 0 bridgehead atoms. The monoisotopic (exact) mass is 281 g/mol. The van der Waals surface area contributed by atoms with Gasteiger partial charge < -0.3 is 10.1 Å². The van der Waals surface area contributed by atoms with Crippen molar-refractivity contribution in [1.82, 2.24) is 5.32 Å². The standard InChI is InChI=1S/C18H19NO2/c20-18(15-5-2-1-3-6-15)19-11-12-21-17-10-9-14-7-4-8-16(14)13-17/h1-3,5-6,9-10,13H,4,7-8,11-12H2,(H,19,20). The van der Waals surface area contributed by atoms with Gasteiger partial charge in [0, 0.05) is 5.56 Å². The number of hydrogen-bond acceptors (Lipinski definition) is 2. The average Bonchev–Trinajstić information content (AvgIpc) is 3.00. The highest BCUT2D eigenvalue weighted by Crippen LogP contribution is 2.25. The summed E-state index contributed by atoms with van der Waals surface area (Å²) in [5.41, 5.74) is 3.52. The van der Waals surface area contributed by atoms with E-state index in [1.54, 1.807) is 12.1 Å². The normalized spacial score (nSPS) is 12.8. The molecule has 2 aromatic carbocycles. The molecule has 0 aromatic heterocycles. The molecule has 0 radical (unpaired) electrons. The lowest BCUT2D eigenvalue weighted by atomic mass is 10.1. The van der Waals surface area contributed by atoms with Crippen LogP contribution in [-0.2, 0) is 12.8 Å². The van der Waals surface area contributed by atoms with Crippen LogP contribution in [0.4, 0.5) is 0 Å². The molecule has 3 nitrogen and oxygen atoms in total. The summed E-state index contributed by atoms with van der Waals surface area (Å²) in [6.07, 6.45) is 3.58. The zero-order valence-electron chi connectivity index (χ0n) is 12.0. The summed E-state index contributed by atoms with van der Waals surface area (Å²) in [4.78, 5) is 11.8. The van der Waals surface area contributed by atoms with Crippen LogP contribution >= 0.6 is 0 Å². The number of fused-ring (bicyclic) bond motifs is 1. The number of hydrogen-bond donors (Lipinski definition) is 1. The van der Waals surface area contributed by atoms with Crippen LogP contribution < -0.4 is 10.1 Å². The Kier molecular flexibility index (Phi) is 4.20. The third kappa shape index (κ3) is 3.43. The highest BCUT2D eigenvalue weighted by atomic mass is 16.5. The molecular formula is C18H19NO2. The van der Waals surface area contributed by atoms with Gasteiger partial charge in [-0.15, -0.1) is 0 Å². The molecule has 0 saturated heterocycles. The van der Waals surface area contributed by atoms with Crippen molar-refractivity contribution in [3.8, 4) is 5.75 Å². The van der Waals surface area contributed by atoms with Crippen LogP contribution in [-0.4, -0.2) is 19.1 Å². The smallest absolute Gasteiger partial charge is 0.251 e. The van der Waals surface area contributed by atoms with E-state index in [1.807, 2.05) is 24.3 Å². The van der Waals surface area contributed by atoms with Gasteiger partial charge in [-0.1, -0.05) is 24.3 Å². The maximum atomic E-state index is 11.8. The number of aryl methyl sites for hydroxylation is 2. The average molecular weight is 281 g/mol. The van der Waals surface area contributed by atoms with Crippen molar-refractivity contribution in [2.45, 2.75) is 19.3 Å². The number of ether oxygens (including phenoxy) is 1. The fourth-order valence-corrected chi connectivity index (χ4v) is 2.66. The highest BCUT2D eigenvalue weighted by Gasteiger charge is 2.11. The van der Waals surface area contributed by atoms with Crippen molar-refractivity contribution in [2.75, 3.05) is 13.2 Å². The Bertz CT molecular complexity index is 622. The van der Waals surface area contributed by atoms with Crippen LogP contribution in [0.2, 0.25) is 0 Å². The van der Waals surface area contributed by atoms with E-state index >= 15 is 0 Å². The number of benzene rings is 2. The summed E-state index contributed by atoms with van der Waals surface area (Å²) in [5.74, 6) is 0.831. The number of carbonyl (C=O) groups excluding carboxylic acids is 1. The first kappa shape index (κ1) is 13.7. The number of carbonyl (C=O) groups is 1. The second kappa shape index (κ2) is 6.44. The van der Waals surface area contributed by atoms with E-state index in [0.29, 0.717) is 18.7 Å². The van der Waals surface area contributed by atoms with Gasteiger partial charge in [-0.2, -0.15) is 0 Å². The molecule has 2 aromatic rings. The van der Waals surface area contributed by atoms with Crippen LogP contribution in [0.5, 0.6) is 5.75 Å². The first-order valence-electron chi connectivity index (χ1n) is 7.41. The second-order valence-corrected chi connectivity index (χ2v) is 5.25. The molecule has 1 N–H and O–H groups in total. The largest absolute Gasteiger partial charge is 0.492 e. The molecular weight excluding hydrogens is 262 g/mol. The van der Waals surface area contributed by atoms with Crippen LogP contribution in [0.1, 0.15) is 27.9 Å². The molecule has 0 saturated carbocycles. The van der Waals surface area contributed by atoms with Gasteiger partial charge in [-0.05, 0) is 54.7 Å². The Labute approximate surface area is 124 Å². The molecule has 1 aliphatic carbocycles. The molecule has 0 spiro atoms. The third-order valence-corrected chi connectivity index (χ3v) is 3.76. The second-order valence-electron chi connectivity index (χ2n) is 5.25. The lowest BCUT2D eigenvalue weighted by Gasteiger charge is -2.09. The Morgan fingerprint density at radius 2 is 1.86 bits per heavy atom. The Balaban J connectivity index is 1.45. The Morgan fingerprint density at radius 3 is 2.71 bits per heavy atom. The van der Waals surface area contributed by atoms with Crippen LogP contribution in [0, 0.1) is 0 Å². The predicted octanol–water partition coefficient (Wildman–Crippen LogP) is 2.98. The summed E-state index contributed by atoms with van der Waals surface area (Å²) in [7, 11) is 0. The molecule has 0 unspecified atom stereocenters. The zero-order chi connectivity index (χ0) is 14.5. The maximum Gasteiger partial charge on any atom is 0.251 e. The van der Waals surface area contributed by atoms with Gasteiger partial charge in [0.25, 0.3) is 5.91 Å². The first-order valence-corrected chi connectivity index (χ1v) is 7.41. The lowest BCUT2D eigenvalue weighted by Crippen LogP contribution is -2.28. The Hall–Kier alpha value is -2.29. The molecule has 3 heteroatoms. The van der Waals surface area contributed by atoms with E-state index in [0.717, 1.165) is 12.2 Å². The van der Waals surface area contributed by atoms with Gasteiger partial charge in [-0.3, -0.25) is 4.79 Å². The summed E-state index contributed by atoms with van der Waals surface area (Å²) < 4.78 is 5.70. The van der Waals surface area contributed by atoms with Gasteiger partial charge >= 0.3 is 0 Å². The van der Waals surface area contributed by atoms with Crippen molar-refractivity contribution in [3.63, 3.8) is 0 Å². The van der Waals surface area contributed by atoms with Crippen molar-refractivity contribution in [2.24, 2.45) is 0 Å². The van der Waals surface area contributed by atoms with Crippen molar-refractivity contribution < 1.29 is 9.53 Å². The van der Waals surface area contributed by atoms with Gasteiger partial charge in [0.1, 0.15) is 12.4 Å². The summed E-state index contributed by atoms with van der Waals surface area (Å²) in [5, 5.41) is 2.86. The van der Waals surface area contributed by atoms with E-state index in [1.165, 1.54) is 24.0 Å². The minimum absolute atomic E-state index is 0.0619. The SMILES string of the molecule is O=C(NCCOc1ccc2c(c1)CCC2)c1ccccc1. The van der Waals surface area contributed by atoms with Gasteiger partial charge in [-0.25, -0.2) is 0 Å². The van der Waals surface area contributed by atoms with E-state index in [9.17, 15) is 4.79 Å². The zero-order valence-corrected chi connectivity index (χ0v) is 12.0. The molecule has 1 amide bonds. The molecule has 0 aliphatic heterocycles. The molecule has 0 fully saturated rings. The topological polar surface area (TPSA) is 38.3 Å². The fourth-order valence-electron chi connectivity index (χ4n) is 2.66. The number of rotatable bonds is 5. The van der Waals surface area contributed by atoms with Gasteiger partial charge in [0.2, 0.25) is 0 Å². The van der Waals surface area contributed by atoms with Crippen LogP contribution in [0.25, 0.3) is 0 Å². The highest BCUT2D eigenvalue weighted by molar-refractivity contribution is 5.94. The van der Waals surface area contributed by atoms with E-state index in [-0.39, 0.29) is 5.91 Å². The summed E-state index contributed by atoms with van der Waals surface area (Å²) >= 11 is 0.